The highest BCUT2D eigenvalue weighted by molar-refractivity contribution is 7.13. The first-order chi connectivity index (χ1) is 9.70. The largest absolute Gasteiger partial charge is 0.493 e. The summed E-state index contributed by atoms with van der Waals surface area (Å²) in [6.45, 7) is 2.70. The van der Waals surface area contributed by atoms with Gasteiger partial charge in [0, 0.05) is 5.38 Å². The lowest BCUT2D eigenvalue weighted by Crippen LogP contribution is -2.15. The Morgan fingerprint density at radius 3 is 3.20 bits per heavy atom. The number of hydrogen-bond donors (Lipinski definition) is 1. The number of aromatic nitrogens is 1. The van der Waals surface area contributed by atoms with E-state index in [0.29, 0.717) is 11.6 Å². The van der Waals surface area contributed by atoms with Gasteiger partial charge in [-0.15, -0.1) is 11.3 Å². The molecule has 1 N–H and O–H groups in total. The third-order valence-electron chi connectivity index (χ3n) is 3.20. The van der Waals surface area contributed by atoms with Gasteiger partial charge in [-0.05, 0) is 37.0 Å². The Morgan fingerprint density at radius 1 is 1.50 bits per heavy atom. The zero-order valence-electron chi connectivity index (χ0n) is 11.3. The Kier molecular flexibility index (Phi) is 3.69. The molecule has 1 amide bonds. The van der Waals surface area contributed by atoms with Gasteiger partial charge in [0.15, 0.2) is 5.13 Å². The number of fused-ring (bicyclic) bond motifs is 1. The van der Waals surface area contributed by atoms with Crippen molar-refractivity contribution in [1.82, 2.24) is 4.98 Å². The minimum Gasteiger partial charge on any atom is -0.493 e. The molecule has 104 valence electrons. The van der Waals surface area contributed by atoms with Gasteiger partial charge in [0.1, 0.15) is 5.75 Å². The number of amides is 1. The molecule has 1 aromatic carbocycles. The highest BCUT2D eigenvalue weighted by Gasteiger charge is 2.12. The summed E-state index contributed by atoms with van der Waals surface area (Å²) in [5.41, 5.74) is 3.14. The van der Waals surface area contributed by atoms with Crippen LogP contribution in [-0.4, -0.2) is 17.5 Å². The summed E-state index contributed by atoms with van der Waals surface area (Å²) in [5, 5.41) is 5.41. The molecule has 4 nitrogen and oxygen atoms in total. The Labute approximate surface area is 121 Å². The second kappa shape index (κ2) is 5.63. The Hall–Kier alpha value is -1.88. The van der Waals surface area contributed by atoms with E-state index >= 15 is 0 Å². The molecular weight excluding hydrogens is 272 g/mol. The summed E-state index contributed by atoms with van der Waals surface area (Å²) in [6.07, 6.45) is 2.43. The molecule has 0 saturated carbocycles. The first-order valence-corrected chi connectivity index (χ1v) is 7.55. The Morgan fingerprint density at radius 2 is 2.40 bits per heavy atom. The number of thiazole rings is 1. The molecule has 0 radical (unpaired) electrons. The van der Waals surface area contributed by atoms with Crippen LogP contribution < -0.4 is 10.1 Å². The maximum Gasteiger partial charge on any atom is 0.230 e. The van der Waals surface area contributed by atoms with Crippen molar-refractivity contribution in [3.8, 4) is 5.75 Å². The van der Waals surface area contributed by atoms with Crippen molar-refractivity contribution in [1.29, 1.82) is 0 Å². The van der Waals surface area contributed by atoms with Crippen molar-refractivity contribution in [3.63, 3.8) is 0 Å². The fourth-order valence-electron chi connectivity index (χ4n) is 2.28. The van der Waals surface area contributed by atoms with Crippen molar-refractivity contribution >= 4 is 22.4 Å². The number of hydrogen-bond acceptors (Lipinski definition) is 4. The highest BCUT2D eigenvalue weighted by atomic mass is 32.1. The zero-order valence-corrected chi connectivity index (χ0v) is 12.1. The van der Waals surface area contributed by atoms with Crippen molar-refractivity contribution in [3.05, 3.63) is 40.4 Å². The molecule has 1 aliphatic heterocycles. The summed E-state index contributed by atoms with van der Waals surface area (Å²) < 4.78 is 5.57. The maximum absolute atomic E-state index is 12.0. The van der Waals surface area contributed by atoms with E-state index in [0.717, 1.165) is 36.5 Å². The summed E-state index contributed by atoms with van der Waals surface area (Å²) in [6, 6.07) is 5.99. The van der Waals surface area contributed by atoms with Crippen LogP contribution in [0.3, 0.4) is 0 Å². The number of benzene rings is 1. The molecular formula is C15H16N2O2S. The van der Waals surface area contributed by atoms with Crippen LogP contribution in [0, 0.1) is 6.92 Å². The molecule has 0 atom stereocenters. The Bertz CT molecular complexity index is 637. The number of nitrogens with one attached hydrogen (secondary N) is 1. The fourth-order valence-corrected chi connectivity index (χ4v) is 2.99. The smallest absolute Gasteiger partial charge is 0.230 e. The van der Waals surface area contributed by atoms with Gasteiger partial charge >= 0.3 is 0 Å². The Balaban J connectivity index is 1.66. The van der Waals surface area contributed by atoms with Gasteiger partial charge in [0.05, 0.1) is 18.7 Å². The van der Waals surface area contributed by atoms with Gasteiger partial charge in [-0.3, -0.25) is 4.79 Å². The standard InChI is InChI=1S/C15H16N2O2S/c1-10-9-20-15(16-10)17-14(18)8-11-4-5-13-12(7-11)3-2-6-19-13/h4-5,7,9H,2-3,6,8H2,1H3,(H,16,17,18). The average Bonchev–Trinajstić information content (AvgIpc) is 2.83. The predicted octanol–water partition coefficient (Wildman–Crippen LogP) is 2.96. The van der Waals surface area contributed by atoms with E-state index in [1.807, 2.05) is 24.4 Å². The molecule has 0 spiro atoms. The van der Waals surface area contributed by atoms with Crippen LogP contribution in [-0.2, 0) is 17.6 Å². The molecule has 1 aliphatic rings. The van der Waals surface area contributed by atoms with Crippen LogP contribution in [0.25, 0.3) is 0 Å². The lowest BCUT2D eigenvalue weighted by Gasteiger charge is -2.17. The topological polar surface area (TPSA) is 51.2 Å². The summed E-state index contributed by atoms with van der Waals surface area (Å²) in [7, 11) is 0. The minimum atomic E-state index is -0.0315. The predicted molar refractivity (Wildman–Crippen MR) is 79.4 cm³/mol. The van der Waals surface area contributed by atoms with Gasteiger partial charge in [-0.25, -0.2) is 4.98 Å². The number of ether oxygens (including phenoxy) is 1. The highest BCUT2D eigenvalue weighted by Crippen LogP contribution is 2.25. The van der Waals surface area contributed by atoms with Gasteiger partial charge in [-0.2, -0.15) is 0 Å². The first-order valence-electron chi connectivity index (χ1n) is 6.67. The van der Waals surface area contributed by atoms with Gasteiger partial charge in [0.2, 0.25) is 5.91 Å². The van der Waals surface area contributed by atoms with Crippen LogP contribution in [0.15, 0.2) is 23.6 Å². The van der Waals surface area contributed by atoms with E-state index in [1.165, 1.54) is 16.9 Å². The normalized spacial score (nSPS) is 13.4. The molecule has 0 fully saturated rings. The van der Waals surface area contributed by atoms with E-state index < -0.39 is 0 Å². The van der Waals surface area contributed by atoms with E-state index in [1.54, 1.807) is 0 Å². The molecule has 5 heteroatoms. The maximum atomic E-state index is 12.0. The van der Waals surface area contributed by atoms with Crippen molar-refractivity contribution in [2.24, 2.45) is 0 Å². The van der Waals surface area contributed by atoms with Crippen molar-refractivity contribution in [2.45, 2.75) is 26.2 Å². The molecule has 0 bridgehead atoms. The lowest BCUT2D eigenvalue weighted by molar-refractivity contribution is -0.115. The second-order valence-corrected chi connectivity index (χ2v) is 5.77. The third kappa shape index (κ3) is 2.99. The quantitative estimate of drug-likeness (QED) is 0.944. The van der Waals surface area contributed by atoms with Crippen LogP contribution >= 0.6 is 11.3 Å². The molecule has 2 heterocycles. The molecule has 0 saturated heterocycles. The minimum absolute atomic E-state index is 0.0315. The summed E-state index contributed by atoms with van der Waals surface area (Å²) >= 11 is 1.45. The lowest BCUT2D eigenvalue weighted by atomic mass is 10.0. The van der Waals surface area contributed by atoms with E-state index in [9.17, 15) is 4.79 Å². The number of carbonyl (C=O) groups excluding carboxylic acids is 1. The number of aryl methyl sites for hydroxylation is 2. The molecule has 20 heavy (non-hydrogen) atoms. The molecule has 2 aromatic rings. The van der Waals surface area contributed by atoms with Crippen LogP contribution in [0.4, 0.5) is 5.13 Å². The number of rotatable bonds is 3. The SMILES string of the molecule is Cc1csc(NC(=O)Cc2ccc3c(c2)CCCO3)n1. The second-order valence-electron chi connectivity index (χ2n) is 4.91. The van der Waals surface area contributed by atoms with E-state index in [4.69, 9.17) is 4.74 Å². The molecule has 3 rings (SSSR count). The number of carbonyl (C=O) groups is 1. The third-order valence-corrected chi connectivity index (χ3v) is 4.08. The first kappa shape index (κ1) is 13.1. The molecule has 0 unspecified atom stereocenters. The fraction of sp³-hybridized carbons (Fsp3) is 0.333. The zero-order chi connectivity index (χ0) is 13.9. The van der Waals surface area contributed by atoms with E-state index in [-0.39, 0.29) is 5.91 Å². The van der Waals surface area contributed by atoms with Gasteiger partial charge in [0.25, 0.3) is 0 Å². The van der Waals surface area contributed by atoms with E-state index in [2.05, 4.69) is 16.4 Å². The number of anilines is 1. The van der Waals surface area contributed by atoms with Crippen LogP contribution in [0.2, 0.25) is 0 Å². The number of nitrogens with zero attached hydrogens (tertiary/aromatic N) is 1. The monoisotopic (exact) mass is 288 g/mol. The summed E-state index contributed by atoms with van der Waals surface area (Å²) in [4.78, 5) is 16.2. The molecule has 1 aromatic heterocycles. The van der Waals surface area contributed by atoms with Crippen LogP contribution in [0.5, 0.6) is 5.75 Å². The van der Waals surface area contributed by atoms with Gasteiger partial charge < -0.3 is 10.1 Å². The summed E-state index contributed by atoms with van der Waals surface area (Å²) in [5.74, 6) is 0.923. The average molecular weight is 288 g/mol. The van der Waals surface area contributed by atoms with Gasteiger partial charge in [-0.1, -0.05) is 12.1 Å². The van der Waals surface area contributed by atoms with Crippen molar-refractivity contribution < 1.29 is 9.53 Å². The molecule has 0 aliphatic carbocycles. The van der Waals surface area contributed by atoms with Crippen LogP contribution in [0.1, 0.15) is 23.2 Å². The van der Waals surface area contributed by atoms with Crippen molar-refractivity contribution in [2.75, 3.05) is 11.9 Å².